The normalized spacial score (nSPS) is 10.3. The third-order valence-corrected chi connectivity index (χ3v) is 2.51. The molecule has 0 unspecified atom stereocenters. The lowest BCUT2D eigenvalue weighted by molar-refractivity contribution is -0.128. The van der Waals surface area contributed by atoms with Crippen molar-refractivity contribution in [2.24, 2.45) is 0 Å². The van der Waals surface area contributed by atoms with Crippen LogP contribution in [0.2, 0.25) is 0 Å². The van der Waals surface area contributed by atoms with Gasteiger partial charge in [-0.2, -0.15) is 0 Å². The molecule has 0 spiro atoms. The fourth-order valence-corrected chi connectivity index (χ4v) is 1.39. The zero-order valence-corrected chi connectivity index (χ0v) is 11.0. The molecule has 0 N–H and O–H groups in total. The Balaban J connectivity index is 4.13. The van der Waals surface area contributed by atoms with Crippen LogP contribution in [-0.2, 0) is 9.59 Å². The van der Waals surface area contributed by atoms with Crippen LogP contribution in [0.4, 0.5) is 0 Å². The maximum absolute atomic E-state index is 11.3. The topological polar surface area (TPSA) is 40.6 Å². The van der Waals surface area contributed by atoms with Gasteiger partial charge in [-0.15, -0.1) is 0 Å². The lowest BCUT2D eigenvalue weighted by Gasteiger charge is -2.18. The van der Waals surface area contributed by atoms with Crippen molar-refractivity contribution < 1.29 is 9.59 Å². The quantitative estimate of drug-likeness (QED) is 0.497. The number of likely N-dealkylation sites (N-methyl/N-ethyl adjacent to an activating group) is 2. The summed E-state index contributed by atoms with van der Waals surface area (Å²) in [6.45, 7) is 11.4. The van der Waals surface area contributed by atoms with Crippen molar-refractivity contribution in [3.8, 4) is 0 Å². The summed E-state index contributed by atoms with van der Waals surface area (Å²) in [5.41, 5.74) is 0. The Kier molecular flexibility index (Phi) is 7.76. The molecule has 4 heteroatoms. The van der Waals surface area contributed by atoms with Crippen molar-refractivity contribution in [2.45, 2.75) is 20.8 Å². The van der Waals surface area contributed by atoms with Crippen molar-refractivity contribution in [3.63, 3.8) is 0 Å². The van der Waals surface area contributed by atoms with Gasteiger partial charge < -0.3 is 9.80 Å². The van der Waals surface area contributed by atoms with E-state index in [4.69, 9.17) is 0 Å². The molecule has 0 heterocycles. The largest absolute Gasteiger partial charge is 0.339 e. The first-order chi connectivity index (χ1) is 8.06. The first-order valence-corrected chi connectivity index (χ1v) is 5.88. The molecule has 0 fully saturated rings. The Hall–Kier alpha value is -1.58. The fourth-order valence-electron chi connectivity index (χ4n) is 1.39. The Morgan fingerprint density at radius 1 is 1.06 bits per heavy atom. The minimum atomic E-state index is -0.0731. The van der Waals surface area contributed by atoms with Crippen molar-refractivity contribution >= 4 is 11.8 Å². The average Bonchev–Trinajstić information content (AvgIpc) is 2.32. The van der Waals surface area contributed by atoms with E-state index in [1.165, 1.54) is 6.08 Å². The molecule has 0 aromatic heterocycles. The third kappa shape index (κ3) is 5.90. The maximum Gasteiger partial charge on any atom is 0.246 e. The molecule has 2 amide bonds. The molecule has 0 atom stereocenters. The molecule has 0 aliphatic heterocycles. The molecule has 0 rings (SSSR count). The van der Waals surface area contributed by atoms with E-state index < -0.39 is 0 Å². The van der Waals surface area contributed by atoms with Crippen LogP contribution in [0, 0.1) is 0 Å². The van der Waals surface area contributed by atoms with Crippen LogP contribution < -0.4 is 0 Å². The van der Waals surface area contributed by atoms with Gasteiger partial charge in [0.15, 0.2) is 0 Å². The second kappa shape index (κ2) is 8.56. The number of carbonyl (C=O) groups excluding carboxylic acids is 2. The number of rotatable bonds is 7. The van der Waals surface area contributed by atoms with Gasteiger partial charge in [-0.25, -0.2) is 0 Å². The van der Waals surface area contributed by atoms with Gasteiger partial charge in [0, 0.05) is 33.1 Å². The van der Waals surface area contributed by atoms with Crippen molar-refractivity contribution in [2.75, 3.05) is 26.2 Å². The second-order valence-electron chi connectivity index (χ2n) is 3.61. The Morgan fingerprint density at radius 2 is 1.53 bits per heavy atom. The van der Waals surface area contributed by atoms with Gasteiger partial charge in [0.1, 0.15) is 0 Å². The summed E-state index contributed by atoms with van der Waals surface area (Å²) in [6.07, 6.45) is 5.12. The van der Waals surface area contributed by atoms with Crippen LogP contribution in [0.1, 0.15) is 20.8 Å². The van der Waals surface area contributed by atoms with E-state index in [-0.39, 0.29) is 11.8 Å². The van der Waals surface area contributed by atoms with Gasteiger partial charge in [-0.1, -0.05) is 18.7 Å². The molecular weight excluding hydrogens is 216 g/mol. The van der Waals surface area contributed by atoms with Gasteiger partial charge >= 0.3 is 0 Å². The first kappa shape index (κ1) is 15.4. The SMILES string of the molecule is C=CC(=O)N(CC)C/C=C/CN(CC)C(C)=O. The summed E-state index contributed by atoms with van der Waals surface area (Å²) >= 11 is 0. The molecule has 17 heavy (non-hydrogen) atoms. The fraction of sp³-hybridized carbons (Fsp3) is 0.538. The van der Waals surface area contributed by atoms with Gasteiger partial charge in [0.25, 0.3) is 0 Å². The van der Waals surface area contributed by atoms with E-state index in [0.717, 1.165) is 0 Å². The summed E-state index contributed by atoms with van der Waals surface area (Å²) in [7, 11) is 0. The summed E-state index contributed by atoms with van der Waals surface area (Å²) < 4.78 is 0. The van der Waals surface area contributed by atoms with E-state index >= 15 is 0 Å². The Bertz CT molecular complexity index is 298. The first-order valence-electron chi connectivity index (χ1n) is 5.88. The monoisotopic (exact) mass is 238 g/mol. The molecular formula is C13H22N2O2. The van der Waals surface area contributed by atoms with E-state index in [9.17, 15) is 9.59 Å². The van der Waals surface area contributed by atoms with Gasteiger partial charge in [-0.3, -0.25) is 9.59 Å². The van der Waals surface area contributed by atoms with Crippen LogP contribution in [0.3, 0.4) is 0 Å². The molecule has 0 bridgehead atoms. The van der Waals surface area contributed by atoms with Gasteiger partial charge in [0.05, 0.1) is 0 Å². The molecule has 96 valence electrons. The number of amides is 2. The molecule has 0 saturated heterocycles. The maximum atomic E-state index is 11.3. The molecule has 0 aliphatic rings. The summed E-state index contributed by atoms with van der Waals surface area (Å²) in [5.74, 6) is -0.0114. The summed E-state index contributed by atoms with van der Waals surface area (Å²) in [5, 5.41) is 0. The highest BCUT2D eigenvalue weighted by Gasteiger charge is 2.05. The highest BCUT2D eigenvalue weighted by atomic mass is 16.2. The summed E-state index contributed by atoms with van der Waals surface area (Å²) in [4.78, 5) is 25.9. The molecule has 0 aliphatic carbocycles. The standard InChI is InChI=1S/C13H22N2O2/c1-5-13(17)15(7-3)11-9-8-10-14(6-2)12(4)16/h5,8-9H,1,6-7,10-11H2,2-4H3/b9-8+. The zero-order chi connectivity index (χ0) is 13.3. The average molecular weight is 238 g/mol. The van der Waals surface area contributed by atoms with Gasteiger partial charge in [0.2, 0.25) is 11.8 Å². The molecule has 4 nitrogen and oxygen atoms in total. The van der Waals surface area contributed by atoms with Crippen LogP contribution in [0.5, 0.6) is 0 Å². The summed E-state index contributed by atoms with van der Waals surface area (Å²) in [6, 6.07) is 0. The van der Waals surface area contributed by atoms with Crippen molar-refractivity contribution in [3.05, 3.63) is 24.8 Å². The zero-order valence-electron chi connectivity index (χ0n) is 11.0. The van der Waals surface area contributed by atoms with Crippen molar-refractivity contribution in [1.29, 1.82) is 0 Å². The number of carbonyl (C=O) groups is 2. The van der Waals surface area contributed by atoms with E-state index in [1.54, 1.807) is 16.7 Å². The van der Waals surface area contributed by atoms with E-state index in [0.29, 0.717) is 26.2 Å². The molecule has 0 aromatic carbocycles. The molecule has 0 radical (unpaired) electrons. The highest BCUT2D eigenvalue weighted by Crippen LogP contribution is 1.93. The van der Waals surface area contributed by atoms with Crippen LogP contribution >= 0.6 is 0 Å². The van der Waals surface area contributed by atoms with E-state index in [1.807, 2.05) is 26.0 Å². The Labute approximate surface area is 104 Å². The van der Waals surface area contributed by atoms with Crippen LogP contribution in [-0.4, -0.2) is 47.8 Å². The minimum Gasteiger partial charge on any atom is -0.339 e. The highest BCUT2D eigenvalue weighted by molar-refractivity contribution is 5.87. The van der Waals surface area contributed by atoms with E-state index in [2.05, 4.69) is 6.58 Å². The lowest BCUT2D eigenvalue weighted by atomic mass is 10.3. The predicted octanol–water partition coefficient (Wildman–Crippen LogP) is 1.45. The number of hydrogen-bond acceptors (Lipinski definition) is 2. The van der Waals surface area contributed by atoms with Crippen molar-refractivity contribution in [1.82, 2.24) is 9.80 Å². The Morgan fingerprint density at radius 3 is 1.88 bits per heavy atom. The van der Waals surface area contributed by atoms with Gasteiger partial charge in [-0.05, 0) is 19.9 Å². The smallest absolute Gasteiger partial charge is 0.246 e. The molecule has 0 aromatic rings. The van der Waals surface area contributed by atoms with Crippen LogP contribution in [0.25, 0.3) is 0 Å². The second-order valence-corrected chi connectivity index (χ2v) is 3.61. The predicted molar refractivity (Wildman–Crippen MR) is 69.5 cm³/mol. The third-order valence-electron chi connectivity index (χ3n) is 2.51. The minimum absolute atomic E-state index is 0.0617. The lowest BCUT2D eigenvalue weighted by Crippen LogP contribution is -2.30. The number of hydrogen-bond donors (Lipinski definition) is 0. The molecule has 0 saturated carbocycles. The number of nitrogens with zero attached hydrogens (tertiary/aromatic N) is 2. The van der Waals surface area contributed by atoms with Crippen LogP contribution in [0.15, 0.2) is 24.8 Å².